The fourth-order valence-electron chi connectivity index (χ4n) is 3.94. The molecule has 7 heteroatoms. The summed E-state index contributed by atoms with van der Waals surface area (Å²) in [5.74, 6) is 0.641. The minimum absolute atomic E-state index is 0.641. The number of anilines is 2. The summed E-state index contributed by atoms with van der Waals surface area (Å²) in [6, 6.07) is 8.37. The molecule has 160 valence electrons. The second kappa shape index (κ2) is 9.10. The molecule has 0 spiro atoms. The molecule has 2 aliphatic rings. The highest BCUT2D eigenvalue weighted by Gasteiger charge is 2.18. The fraction of sp³-hybridized carbons (Fsp3) is 0.333. The van der Waals surface area contributed by atoms with Crippen LogP contribution in [0.2, 0.25) is 0 Å². The third-order valence-corrected chi connectivity index (χ3v) is 7.21. The maximum atomic E-state index is 6.18. The van der Waals surface area contributed by atoms with E-state index in [2.05, 4.69) is 55.4 Å². The molecule has 5 rings (SSSR count). The number of rotatable bonds is 6. The van der Waals surface area contributed by atoms with E-state index in [0.717, 1.165) is 64.4 Å². The van der Waals surface area contributed by atoms with Gasteiger partial charge in [0.1, 0.15) is 5.82 Å². The van der Waals surface area contributed by atoms with Crippen LogP contribution in [0.1, 0.15) is 43.2 Å². The Kier molecular flexibility index (Phi) is 6.07. The molecule has 2 aromatic heterocycles. The Balaban J connectivity index is 1.32. The van der Waals surface area contributed by atoms with Crippen LogP contribution in [0.4, 0.5) is 10.9 Å². The zero-order chi connectivity index (χ0) is 21.2. The van der Waals surface area contributed by atoms with E-state index in [9.17, 15) is 0 Å². The number of hydrogen-bond acceptors (Lipinski definition) is 6. The van der Waals surface area contributed by atoms with E-state index < -0.39 is 0 Å². The number of benzene rings is 1. The molecule has 1 aliphatic carbocycles. The maximum Gasteiger partial charge on any atom is 0.188 e. The van der Waals surface area contributed by atoms with Gasteiger partial charge >= 0.3 is 0 Å². The highest BCUT2D eigenvalue weighted by Crippen LogP contribution is 2.35. The van der Waals surface area contributed by atoms with Crippen molar-refractivity contribution in [2.45, 2.75) is 38.6 Å². The number of nitrogens with one attached hydrogen (secondary N) is 1. The van der Waals surface area contributed by atoms with Crippen molar-refractivity contribution in [2.24, 2.45) is 0 Å². The van der Waals surface area contributed by atoms with E-state index in [4.69, 9.17) is 10.7 Å². The number of fused-ring (bicyclic) bond motifs is 1. The molecule has 1 saturated heterocycles. The average Bonchev–Trinajstić information content (AvgIpc) is 3.54. The lowest BCUT2D eigenvalue weighted by Gasteiger charge is -2.26. The number of aromatic nitrogens is 2. The smallest absolute Gasteiger partial charge is 0.188 e. The van der Waals surface area contributed by atoms with Gasteiger partial charge in [-0.05, 0) is 80.3 Å². The fourth-order valence-corrected chi connectivity index (χ4v) is 5.37. The van der Waals surface area contributed by atoms with Crippen molar-refractivity contribution in [2.75, 3.05) is 24.1 Å². The molecule has 0 unspecified atom stereocenters. The van der Waals surface area contributed by atoms with Crippen LogP contribution in [0.5, 0.6) is 0 Å². The predicted octanol–water partition coefficient (Wildman–Crippen LogP) is 6.20. The van der Waals surface area contributed by atoms with Crippen molar-refractivity contribution in [1.29, 1.82) is 0 Å². The van der Waals surface area contributed by atoms with Crippen molar-refractivity contribution in [1.82, 2.24) is 14.9 Å². The molecule has 0 amide bonds. The summed E-state index contributed by atoms with van der Waals surface area (Å²) in [6.45, 7) is 3.19. The lowest BCUT2D eigenvalue weighted by Crippen LogP contribution is -2.29. The van der Waals surface area contributed by atoms with Gasteiger partial charge in [0.15, 0.2) is 5.13 Å². The van der Waals surface area contributed by atoms with E-state index in [1.165, 1.54) is 29.5 Å². The minimum atomic E-state index is 0.641. The molecule has 3 N–H and O–H groups in total. The molecule has 2 fully saturated rings. The molecular formula is C24H26BrN5S. The zero-order valence-electron chi connectivity index (χ0n) is 17.4. The summed E-state index contributed by atoms with van der Waals surface area (Å²) in [4.78, 5) is 11.7. The Labute approximate surface area is 195 Å². The summed E-state index contributed by atoms with van der Waals surface area (Å²) < 4.78 is 2.25. The van der Waals surface area contributed by atoms with Crippen LogP contribution < -0.4 is 11.1 Å². The molecule has 1 saturated carbocycles. The Hall–Kier alpha value is -2.22. The molecule has 1 aromatic carbocycles. The third kappa shape index (κ3) is 5.17. The first-order valence-corrected chi connectivity index (χ1v) is 12.4. The van der Waals surface area contributed by atoms with E-state index in [0.29, 0.717) is 5.82 Å². The van der Waals surface area contributed by atoms with E-state index in [1.807, 2.05) is 18.3 Å². The summed E-state index contributed by atoms with van der Waals surface area (Å²) in [6.07, 6.45) is 12.3. The number of hydrogen-bond donors (Lipinski definition) is 2. The zero-order valence-corrected chi connectivity index (χ0v) is 19.8. The van der Waals surface area contributed by atoms with E-state index in [1.54, 1.807) is 11.3 Å². The second-order valence-corrected chi connectivity index (χ2v) is 10.2. The summed E-state index contributed by atoms with van der Waals surface area (Å²) in [7, 11) is 0. The first kappa shape index (κ1) is 20.7. The number of thiazole rings is 1. The lowest BCUT2D eigenvalue weighted by atomic mass is 10.1. The summed E-state index contributed by atoms with van der Waals surface area (Å²) in [5, 5.41) is 4.47. The summed E-state index contributed by atoms with van der Waals surface area (Å²) in [5.41, 5.74) is 12.0. The van der Waals surface area contributed by atoms with Crippen molar-refractivity contribution in [3.63, 3.8) is 0 Å². The van der Waals surface area contributed by atoms with Gasteiger partial charge in [-0.2, -0.15) is 0 Å². The Morgan fingerprint density at radius 3 is 2.84 bits per heavy atom. The molecule has 3 heterocycles. The predicted molar refractivity (Wildman–Crippen MR) is 134 cm³/mol. The molecular weight excluding hydrogens is 470 g/mol. The van der Waals surface area contributed by atoms with Gasteiger partial charge in [-0.25, -0.2) is 9.97 Å². The molecule has 0 atom stereocenters. The second-order valence-electron chi connectivity index (χ2n) is 8.26. The maximum absolute atomic E-state index is 6.18. The van der Waals surface area contributed by atoms with Crippen LogP contribution in [0, 0.1) is 0 Å². The van der Waals surface area contributed by atoms with Crippen LogP contribution >= 0.6 is 27.3 Å². The van der Waals surface area contributed by atoms with Crippen molar-refractivity contribution in [3.8, 4) is 0 Å². The number of nitrogens with two attached hydrogens (primary N) is 1. The lowest BCUT2D eigenvalue weighted by molar-refractivity contribution is 0.221. The topological polar surface area (TPSA) is 67.1 Å². The van der Waals surface area contributed by atoms with Crippen molar-refractivity contribution >= 4 is 54.5 Å². The van der Waals surface area contributed by atoms with Crippen LogP contribution in [-0.2, 0) is 6.54 Å². The van der Waals surface area contributed by atoms with Crippen LogP contribution in [-0.4, -0.2) is 28.0 Å². The largest absolute Gasteiger partial charge is 0.383 e. The highest BCUT2D eigenvalue weighted by molar-refractivity contribution is 9.10. The van der Waals surface area contributed by atoms with Gasteiger partial charge in [0, 0.05) is 28.5 Å². The number of halogens is 1. The van der Waals surface area contributed by atoms with E-state index >= 15 is 0 Å². The third-order valence-electron chi connectivity index (χ3n) is 5.78. The number of likely N-dealkylation sites (tertiary alicyclic amines) is 1. The Morgan fingerprint density at radius 2 is 2.03 bits per heavy atom. The SMILES string of the molecule is Nc1ncc(/C=C/C(Nc2nc3ccc(Br)cc3s2)=C2CC2)cc1CN1CCCCC1. The van der Waals surface area contributed by atoms with E-state index in [-0.39, 0.29) is 0 Å². The van der Waals surface area contributed by atoms with Crippen LogP contribution in [0.3, 0.4) is 0 Å². The highest BCUT2D eigenvalue weighted by atomic mass is 79.9. The van der Waals surface area contributed by atoms with Crippen LogP contribution in [0.25, 0.3) is 16.3 Å². The van der Waals surface area contributed by atoms with Gasteiger partial charge in [-0.1, -0.05) is 39.8 Å². The number of piperidine rings is 1. The van der Waals surface area contributed by atoms with Gasteiger partial charge in [-0.3, -0.25) is 4.90 Å². The van der Waals surface area contributed by atoms with Crippen molar-refractivity contribution in [3.05, 3.63) is 63.4 Å². The molecule has 0 bridgehead atoms. The number of nitrogen functional groups attached to an aromatic ring is 1. The van der Waals surface area contributed by atoms with Crippen molar-refractivity contribution < 1.29 is 0 Å². The van der Waals surface area contributed by atoms with Crippen LogP contribution in [0.15, 0.2) is 52.3 Å². The number of pyridine rings is 1. The molecule has 31 heavy (non-hydrogen) atoms. The molecule has 3 aromatic rings. The Bertz CT molecular complexity index is 1150. The Morgan fingerprint density at radius 1 is 1.19 bits per heavy atom. The number of nitrogens with zero attached hydrogens (tertiary/aromatic N) is 3. The number of allylic oxidation sites excluding steroid dienone is 2. The molecule has 1 aliphatic heterocycles. The first-order chi connectivity index (χ1) is 15.1. The summed E-state index contributed by atoms with van der Waals surface area (Å²) >= 11 is 5.21. The normalized spacial score (nSPS) is 16.9. The average molecular weight is 496 g/mol. The van der Waals surface area contributed by atoms with Gasteiger partial charge in [0.2, 0.25) is 0 Å². The monoisotopic (exact) mass is 495 g/mol. The first-order valence-electron chi connectivity index (χ1n) is 10.8. The van der Waals surface area contributed by atoms with Gasteiger partial charge < -0.3 is 11.1 Å². The standard InChI is InChI=1S/C24H26BrN5S/c25-19-7-9-21-22(13-19)31-24(29-21)28-20(17-5-6-17)8-4-16-12-18(23(26)27-14-16)15-30-10-2-1-3-11-30/h4,7-9,12-14H,1-3,5-6,10-11,15H2,(H2,26,27)(H,28,29)/b8-4+. The quantitative estimate of drug-likeness (QED) is 0.426. The molecule has 5 nitrogen and oxygen atoms in total. The minimum Gasteiger partial charge on any atom is -0.383 e. The van der Waals surface area contributed by atoms with Gasteiger partial charge in [-0.15, -0.1) is 0 Å². The van der Waals surface area contributed by atoms with Gasteiger partial charge in [0.25, 0.3) is 0 Å². The van der Waals surface area contributed by atoms with Gasteiger partial charge in [0.05, 0.1) is 10.2 Å². The molecule has 0 radical (unpaired) electrons.